The SMILES string of the molecule is Cc1cc(-c2cc(-c3ccccc3)nc(-c3ccccc3)c2Br)c2c(C)ccc(C(C)C)cc1-2. The van der Waals surface area contributed by atoms with E-state index in [1.165, 1.54) is 38.9 Å². The van der Waals surface area contributed by atoms with E-state index < -0.39 is 0 Å². The number of halogens is 1. The zero-order valence-corrected chi connectivity index (χ0v) is 21.6. The molecule has 2 heteroatoms. The van der Waals surface area contributed by atoms with E-state index in [9.17, 15) is 0 Å². The Bertz CT molecular complexity index is 1440. The molecule has 5 rings (SSSR count). The first kappa shape index (κ1) is 22.6. The molecule has 0 fully saturated rings. The predicted molar refractivity (Wildman–Crippen MR) is 148 cm³/mol. The molecule has 0 aliphatic heterocycles. The van der Waals surface area contributed by atoms with Crippen LogP contribution in [0.5, 0.6) is 0 Å². The Hall–Kier alpha value is -3.23. The molecule has 0 saturated heterocycles. The zero-order valence-electron chi connectivity index (χ0n) is 20.1. The van der Waals surface area contributed by atoms with Gasteiger partial charge < -0.3 is 0 Å². The van der Waals surface area contributed by atoms with Crippen molar-refractivity contribution in [3.63, 3.8) is 0 Å². The first-order valence-electron chi connectivity index (χ1n) is 11.8. The monoisotopic (exact) mass is 505 g/mol. The number of fused-ring (bicyclic) bond motifs is 1. The molecule has 1 aromatic heterocycles. The molecule has 2 aliphatic carbocycles. The van der Waals surface area contributed by atoms with Gasteiger partial charge in [-0.15, -0.1) is 0 Å². The quantitative estimate of drug-likeness (QED) is 0.236. The summed E-state index contributed by atoms with van der Waals surface area (Å²) >= 11 is 3.97. The molecule has 1 nitrogen and oxygen atoms in total. The van der Waals surface area contributed by atoms with Gasteiger partial charge in [0.05, 0.1) is 15.9 Å². The van der Waals surface area contributed by atoms with Crippen LogP contribution in [0.4, 0.5) is 0 Å². The van der Waals surface area contributed by atoms with Crippen molar-refractivity contribution < 1.29 is 0 Å². The van der Waals surface area contributed by atoms with Gasteiger partial charge in [-0.1, -0.05) is 98.8 Å². The maximum atomic E-state index is 5.11. The first-order valence-corrected chi connectivity index (χ1v) is 12.6. The van der Waals surface area contributed by atoms with Crippen LogP contribution in [0, 0.1) is 13.8 Å². The Labute approximate surface area is 211 Å². The number of pyridine rings is 1. The molecule has 1 heterocycles. The highest BCUT2D eigenvalue weighted by Gasteiger charge is 2.22. The third kappa shape index (κ3) is 4.08. The maximum absolute atomic E-state index is 5.11. The van der Waals surface area contributed by atoms with Crippen LogP contribution < -0.4 is 0 Å². The lowest BCUT2D eigenvalue weighted by atomic mass is 9.95. The lowest BCUT2D eigenvalue weighted by Crippen LogP contribution is -1.94. The molecule has 0 saturated carbocycles. The average Bonchev–Trinajstić information content (AvgIpc) is 3.06. The summed E-state index contributed by atoms with van der Waals surface area (Å²) in [7, 11) is 0. The van der Waals surface area contributed by atoms with Crippen molar-refractivity contribution in [2.45, 2.75) is 33.6 Å². The second-order valence-electron chi connectivity index (χ2n) is 9.29. The fraction of sp³-hybridized carbons (Fsp3) is 0.156. The molecule has 0 atom stereocenters. The number of nitrogens with zero attached hydrogens (tertiary/aromatic N) is 1. The molecular weight excluding hydrogens is 478 g/mol. The van der Waals surface area contributed by atoms with Crippen LogP contribution >= 0.6 is 15.9 Å². The van der Waals surface area contributed by atoms with Crippen molar-refractivity contribution >= 4 is 15.9 Å². The Kier molecular flexibility index (Phi) is 6.10. The third-order valence-corrected chi connectivity index (χ3v) is 7.39. The van der Waals surface area contributed by atoms with Crippen molar-refractivity contribution in [2.75, 3.05) is 0 Å². The molecule has 168 valence electrons. The van der Waals surface area contributed by atoms with Gasteiger partial charge >= 0.3 is 0 Å². The van der Waals surface area contributed by atoms with Gasteiger partial charge in [-0.3, -0.25) is 0 Å². The van der Waals surface area contributed by atoms with Crippen LogP contribution in [0.1, 0.15) is 36.5 Å². The second kappa shape index (κ2) is 9.19. The topological polar surface area (TPSA) is 12.9 Å². The van der Waals surface area contributed by atoms with Gasteiger partial charge in [0.15, 0.2) is 0 Å². The summed E-state index contributed by atoms with van der Waals surface area (Å²) < 4.78 is 1.03. The van der Waals surface area contributed by atoms with Gasteiger partial charge in [-0.25, -0.2) is 4.98 Å². The minimum absolute atomic E-state index is 0.481. The maximum Gasteiger partial charge on any atom is 0.0857 e. The van der Waals surface area contributed by atoms with E-state index in [-0.39, 0.29) is 0 Å². The standard InChI is InChI=1S/C32H28BrN/c1-20(2)25-16-15-21(3)30-26(18-25)22(4)17-27(30)28-19-29(23-11-7-5-8-12-23)34-32(31(28)33)24-13-9-6-10-14-24/h5-20H,1-4H3. The molecule has 2 aliphatic rings. The third-order valence-electron chi connectivity index (χ3n) is 6.59. The number of rotatable bonds is 4. The van der Waals surface area contributed by atoms with Crippen LogP contribution in [0.25, 0.3) is 44.8 Å². The summed E-state index contributed by atoms with van der Waals surface area (Å²) in [6.45, 7) is 8.96. The highest BCUT2D eigenvalue weighted by Crippen LogP contribution is 2.46. The van der Waals surface area contributed by atoms with E-state index in [0.717, 1.165) is 27.0 Å². The Morgan fingerprint density at radius 2 is 1.29 bits per heavy atom. The largest absolute Gasteiger partial charge is 0.247 e. The van der Waals surface area contributed by atoms with Crippen LogP contribution in [-0.4, -0.2) is 4.98 Å². The molecule has 3 aromatic rings. The molecule has 0 amide bonds. The lowest BCUT2D eigenvalue weighted by Gasteiger charge is -2.14. The Morgan fingerprint density at radius 3 is 1.94 bits per heavy atom. The number of hydrogen-bond donors (Lipinski definition) is 0. The Balaban J connectivity index is 1.81. The fourth-order valence-corrected chi connectivity index (χ4v) is 5.33. The van der Waals surface area contributed by atoms with Crippen LogP contribution in [0.3, 0.4) is 0 Å². The van der Waals surface area contributed by atoms with Gasteiger partial charge in [0, 0.05) is 16.7 Å². The van der Waals surface area contributed by atoms with Crippen molar-refractivity contribution in [3.05, 3.63) is 112 Å². The minimum Gasteiger partial charge on any atom is -0.247 e. The summed E-state index contributed by atoms with van der Waals surface area (Å²) in [5.41, 5.74) is 13.2. The molecule has 0 spiro atoms. The molecule has 34 heavy (non-hydrogen) atoms. The van der Waals surface area contributed by atoms with E-state index in [1.807, 2.05) is 12.1 Å². The van der Waals surface area contributed by atoms with E-state index in [2.05, 4.69) is 122 Å². The van der Waals surface area contributed by atoms with Crippen molar-refractivity contribution in [3.8, 4) is 44.8 Å². The number of aromatic nitrogens is 1. The van der Waals surface area contributed by atoms with E-state index in [1.54, 1.807) is 0 Å². The molecule has 2 aromatic carbocycles. The lowest BCUT2D eigenvalue weighted by molar-refractivity contribution is 0.868. The van der Waals surface area contributed by atoms with Gasteiger partial charge in [0.2, 0.25) is 0 Å². The van der Waals surface area contributed by atoms with Crippen LogP contribution in [-0.2, 0) is 0 Å². The van der Waals surface area contributed by atoms with Crippen molar-refractivity contribution in [2.24, 2.45) is 0 Å². The second-order valence-corrected chi connectivity index (χ2v) is 10.1. The number of hydrogen-bond acceptors (Lipinski definition) is 1. The Morgan fingerprint density at radius 1 is 0.647 bits per heavy atom. The molecule has 0 radical (unpaired) electrons. The van der Waals surface area contributed by atoms with Gasteiger partial charge in [0.1, 0.15) is 0 Å². The normalized spacial score (nSPS) is 11.4. The van der Waals surface area contributed by atoms with Crippen molar-refractivity contribution in [1.29, 1.82) is 0 Å². The molecular formula is C32H28BrN. The highest BCUT2D eigenvalue weighted by atomic mass is 79.9. The van der Waals surface area contributed by atoms with E-state index in [4.69, 9.17) is 4.98 Å². The fourth-order valence-electron chi connectivity index (χ4n) is 4.68. The smallest absolute Gasteiger partial charge is 0.0857 e. The molecule has 0 N–H and O–H groups in total. The summed E-state index contributed by atoms with van der Waals surface area (Å²) in [5.74, 6) is 0.481. The van der Waals surface area contributed by atoms with Gasteiger partial charge in [0.25, 0.3) is 0 Å². The zero-order chi connectivity index (χ0) is 23.8. The summed E-state index contributed by atoms with van der Waals surface area (Å²) in [5, 5.41) is 0. The first-order chi connectivity index (χ1) is 16.4. The van der Waals surface area contributed by atoms with Crippen molar-refractivity contribution in [1.82, 2.24) is 4.98 Å². The van der Waals surface area contributed by atoms with Gasteiger partial charge in [-0.2, -0.15) is 0 Å². The predicted octanol–water partition coefficient (Wildman–Crippen LogP) is 9.69. The molecule has 0 unspecified atom stereocenters. The minimum atomic E-state index is 0.481. The molecule has 0 bridgehead atoms. The summed E-state index contributed by atoms with van der Waals surface area (Å²) in [6, 6.07) is 32.4. The highest BCUT2D eigenvalue weighted by molar-refractivity contribution is 9.10. The van der Waals surface area contributed by atoms with E-state index in [0.29, 0.717) is 5.92 Å². The van der Waals surface area contributed by atoms with Gasteiger partial charge in [-0.05, 0) is 75.1 Å². The van der Waals surface area contributed by atoms with Crippen LogP contribution in [0.2, 0.25) is 0 Å². The van der Waals surface area contributed by atoms with E-state index >= 15 is 0 Å². The summed E-state index contributed by atoms with van der Waals surface area (Å²) in [4.78, 5) is 5.11. The van der Waals surface area contributed by atoms with Crippen LogP contribution in [0.15, 0.2) is 95.5 Å². The summed E-state index contributed by atoms with van der Waals surface area (Å²) in [6.07, 6.45) is 0. The number of aryl methyl sites for hydroxylation is 2. The number of benzene rings is 2. The average molecular weight is 506 g/mol.